The minimum Gasteiger partial charge on any atom is -0.325 e. The topological polar surface area (TPSA) is 49.0 Å². The van der Waals surface area contributed by atoms with Gasteiger partial charge in [-0.05, 0) is 49.1 Å². The van der Waals surface area contributed by atoms with Gasteiger partial charge in [0.25, 0.3) is 5.56 Å². The largest absolute Gasteiger partial charge is 0.522 e. The fourth-order valence-electron chi connectivity index (χ4n) is 4.52. The standard InChI is InChI=1S/C23H26F3N3O2/c1-15-12-18(14-28(2)22(15)30)17-8-9-19-20(13-17)29(10-11-31-23(24,25)26)21(27-19)16-6-4-3-5-7-16/h8-9,12-14,16H,3-7,10-11H2,1-2H3. The van der Waals surface area contributed by atoms with Crippen LogP contribution in [0.5, 0.6) is 0 Å². The van der Waals surface area contributed by atoms with Gasteiger partial charge < -0.3 is 9.13 Å². The molecule has 2 aromatic heterocycles. The van der Waals surface area contributed by atoms with Crippen LogP contribution in [0.25, 0.3) is 22.2 Å². The number of hydrogen-bond donors (Lipinski definition) is 0. The summed E-state index contributed by atoms with van der Waals surface area (Å²) in [7, 11) is 1.71. The van der Waals surface area contributed by atoms with E-state index in [0.717, 1.165) is 53.7 Å². The molecule has 2 heterocycles. The van der Waals surface area contributed by atoms with Crippen molar-refractivity contribution in [1.82, 2.24) is 14.1 Å². The van der Waals surface area contributed by atoms with Gasteiger partial charge in [0.1, 0.15) is 5.82 Å². The molecule has 0 atom stereocenters. The van der Waals surface area contributed by atoms with Crippen LogP contribution in [0, 0.1) is 6.92 Å². The predicted molar refractivity (Wildman–Crippen MR) is 113 cm³/mol. The number of benzene rings is 1. The van der Waals surface area contributed by atoms with Gasteiger partial charge in [-0.1, -0.05) is 25.3 Å². The maximum absolute atomic E-state index is 12.6. The summed E-state index contributed by atoms with van der Waals surface area (Å²) in [5.41, 5.74) is 3.89. The highest BCUT2D eigenvalue weighted by molar-refractivity contribution is 5.82. The van der Waals surface area contributed by atoms with Crippen molar-refractivity contribution in [2.24, 2.45) is 7.05 Å². The fourth-order valence-corrected chi connectivity index (χ4v) is 4.52. The molecule has 4 rings (SSSR count). The quantitative estimate of drug-likeness (QED) is 0.549. The van der Waals surface area contributed by atoms with Crippen molar-refractivity contribution in [3.05, 3.63) is 52.2 Å². The van der Waals surface area contributed by atoms with Gasteiger partial charge in [-0.2, -0.15) is 0 Å². The second kappa shape index (κ2) is 8.49. The van der Waals surface area contributed by atoms with Crippen molar-refractivity contribution in [1.29, 1.82) is 0 Å². The lowest BCUT2D eigenvalue weighted by molar-refractivity contribution is -0.325. The van der Waals surface area contributed by atoms with Crippen LogP contribution in [0.4, 0.5) is 13.2 Å². The number of ether oxygens (including phenoxy) is 1. The SMILES string of the molecule is Cc1cc(-c2ccc3nc(C4CCCCC4)n(CCOC(F)(F)F)c3c2)cn(C)c1=O. The summed E-state index contributed by atoms with van der Waals surface area (Å²) in [6.07, 6.45) is 2.51. The van der Waals surface area contributed by atoms with Crippen molar-refractivity contribution in [3.63, 3.8) is 0 Å². The van der Waals surface area contributed by atoms with Gasteiger partial charge in [-0.3, -0.25) is 9.53 Å². The molecule has 0 unspecified atom stereocenters. The number of rotatable bonds is 5. The van der Waals surface area contributed by atoms with Crippen molar-refractivity contribution >= 4 is 11.0 Å². The van der Waals surface area contributed by atoms with Gasteiger partial charge >= 0.3 is 6.36 Å². The molecule has 0 aliphatic heterocycles. The van der Waals surface area contributed by atoms with E-state index in [0.29, 0.717) is 5.56 Å². The smallest absolute Gasteiger partial charge is 0.325 e. The molecule has 3 aromatic rings. The van der Waals surface area contributed by atoms with Gasteiger partial charge in [0.2, 0.25) is 0 Å². The maximum Gasteiger partial charge on any atom is 0.522 e. The third-order valence-electron chi connectivity index (χ3n) is 6.02. The lowest BCUT2D eigenvalue weighted by Crippen LogP contribution is -2.19. The second-order valence-electron chi connectivity index (χ2n) is 8.28. The average Bonchev–Trinajstić information content (AvgIpc) is 3.09. The molecule has 1 aliphatic carbocycles. The first kappa shape index (κ1) is 21.6. The predicted octanol–water partition coefficient (Wildman–Crippen LogP) is 5.29. The molecule has 1 saturated carbocycles. The van der Waals surface area contributed by atoms with E-state index in [1.165, 1.54) is 11.0 Å². The monoisotopic (exact) mass is 433 g/mol. The second-order valence-corrected chi connectivity index (χ2v) is 8.28. The number of alkyl halides is 3. The number of nitrogens with zero attached hydrogens (tertiary/aromatic N) is 3. The Morgan fingerprint density at radius 3 is 2.55 bits per heavy atom. The molecule has 0 N–H and O–H groups in total. The van der Waals surface area contributed by atoms with Gasteiger partial charge in [0, 0.05) is 31.3 Å². The molecule has 1 aliphatic rings. The fraction of sp³-hybridized carbons (Fsp3) is 0.478. The summed E-state index contributed by atoms with van der Waals surface area (Å²) >= 11 is 0. The zero-order chi connectivity index (χ0) is 22.2. The molecule has 1 aromatic carbocycles. The van der Waals surface area contributed by atoms with Crippen molar-refractivity contribution in [3.8, 4) is 11.1 Å². The van der Waals surface area contributed by atoms with Crippen LogP contribution in [0.2, 0.25) is 0 Å². The van der Waals surface area contributed by atoms with E-state index in [9.17, 15) is 18.0 Å². The van der Waals surface area contributed by atoms with Crippen LogP contribution < -0.4 is 5.56 Å². The van der Waals surface area contributed by atoms with Gasteiger partial charge in [-0.25, -0.2) is 4.98 Å². The number of halogens is 3. The molecule has 31 heavy (non-hydrogen) atoms. The highest BCUT2D eigenvalue weighted by Crippen LogP contribution is 2.35. The molecular weight excluding hydrogens is 407 g/mol. The maximum atomic E-state index is 12.6. The molecule has 0 saturated heterocycles. The molecule has 0 spiro atoms. The first-order chi connectivity index (χ1) is 14.7. The number of hydrogen-bond acceptors (Lipinski definition) is 3. The molecular formula is C23H26F3N3O2. The van der Waals surface area contributed by atoms with E-state index >= 15 is 0 Å². The lowest BCUT2D eigenvalue weighted by Gasteiger charge is -2.22. The van der Waals surface area contributed by atoms with Crippen LogP contribution in [-0.2, 0) is 18.3 Å². The Hall–Kier alpha value is -2.61. The Balaban J connectivity index is 1.77. The molecule has 0 amide bonds. The van der Waals surface area contributed by atoms with Crippen molar-refractivity contribution in [2.45, 2.75) is 57.9 Å². The van der Waals surface area contributed by atoms with Crippen LogP contribution in [0.15, 0.2) is 35.3 Å². The third kappa shape index (κ3) is 4.69. The minimum absolute atomic E-state index is 0.0567. The van der Waals surface area contributed by atoms with Gasteiger partial charge in [0.05, 0.1) is 17.6 Å². The van der Waals surface area contributed by atoms with Gasteiger partial charge in [0.15, 0.2) is 0 Å². The number of imidazole rings is 1. The van der Waals surface area contributed by atoms with Gasteiger partial charge in [-0.15, -0.1) is 13.2 Å². The molecule has 5 nitrogen and oxygen atoms in total. The molecule has 0 radical (unpaired) electrons. The number of aromatic nitrogens is 3. The van der Waals surface area contributed by atoms with E-state index in [1.807, 2.05) is 28.8 Å². The number of pyridine rings is 1. The van der Waals surface area contributed by atoms with Crippen LogP contribution in [0.1, 0.15) is 49.4 Å². The summed E-state index contributed by atoms with van der Waals surface area (Å²) in [5.74, 6) is 1.09. The Kier molecular flexibility index (Phi) is 5.92. The Bertz CT molecular complexity index is 1120. The van der Waals surface area contributed by atoms with E-state index < -0.39 is 13.0 Å². The summed E-state index contributed by atoms with van der Waals surface area (Å²) in [6.45, 7) is 1.39. The van der Waals surface area contributed by atoms with Crippen LogP contribution >= 0.6 is 0 Å². The first-order valence-corrected chi connectivity index (χ1v) is 10.6. The first-order valence-electron chi connectivity index (χ1n) is 10.6. The Labute approximate surface area is 178 Å². The number of aryl methyl sites for hydroxylation is 2. The van der Waals surface area contributed by atoms with E-state index in [4.69, 9.17) is 4.98 Å². The lowest BCUT2D eigenvalue weighted by atomic mass is 9.88. The van der Waals surface area contributed by atoms with Crippen molar-refractivity contribution in [2.75, 3.05) is 6.61 Å². The average molecular weight is 433 g/mol. The zero-order valence-electron chi connectivity index (χ0n) is 17.7. The Morgan fingerprint density at radius 1 is 1.13 bits per heavy atom. The van der Waals surface area contributed by atoms with E-state index in [2.05, 4.69) is 4.74 Å². The summed E-state index contributed by atoms with van der Waals surface area (Å²) in [4.78, 5) is 16.8. The normalized spacial score (nSPS) is 15.6. The summed E-state index contributed by atoms with van der Waals surface area (Å²) in [6, 6.07) is 7.62. The summed E-state index contributed by atoms with van der Waals surface area (Å²) < 4.78 is 45.2. The van der Waals surface area contributed by atoms with E-state index in [1.54, 1.807) is 20.2 Å². The number of fused-ring (bicyclic) bond motifs is 1. The highest BCUT2D eigenvalue weighted by Gasteiger charge is 2.29. The zero-order valence-corrected chi connectivity index (χ0v) is 17.7. The van der Waals surface area contributed by atoms with E-state index in [-0.39, 0.29) is 18.0 Å². The molecule has 166 valence electrons. The molecule has 8 heteroatoms. The molecule has 1 fully saturated rings. The summed E-state index contributed by atoms with van der Waals surface area (Å²) in [5, 5.41) is 0. The highest BCUT2D eigenvalue weighted by atomic mass is 19.4. The van der Waals surface area contributed by atoms with Crippen molar-refractivity contribution < 1.29 is 17.9 Å². The molecule has 0 bridgehead atoms. The third-order valence-corrected chi connectivity index (χ3v) is 6.02. The van der Waals surface area contributed by atoms with Crippen LogP contribution in [-0.4, -0.2) is 27.1 Å². The van der Waals surface area contributed by atoms with Crippen LogP contribution in [0.3, 0.4) is 0 Å². The Morgan fingerprint density at radius 2 is 1.87 bits per heavy atom. The minimum atomic E-state index is -4.65.